The summed E-state index contributed by atoms with van der Waals surface area (Å²) in [6, 6.07) is 13.2. The second-order valence-corrected chi connectivity index (χ2v) is 5.97. The van der Waals surface area contributed by atoms with Gasteiger partial charge in [-0.1, -0.05) is 17.7 Å². The third-order valence-corrected chi connectivity index (χ3v) is 4.19. The highest BCUT2D eigenvalue weighted by Crippen LogP contribution is 2.29. The molecule has 3 aromatic heterocycles. The van der Waals surface area contributed by atoms with Crippen LogP contribution < -0.4 is 10.9 Å². The smallest absolute Gasteiger partial charge is 0.252 e. The van der Waals surface area contributed by atoms with Gasteiger partial charge >= 0.3 is 0 Å². The van der Waals surface area contributed by atoms with E-state index in [0.717, 1.165) is 28.0 Å². The van der Waals surface area contributed by atoms with E-state index in [2.05, 4.69) is 30.9 Å². The van der Waals surface area contributed by atoms with Crippen LogP contribution in [0, 0.1) is 6.92 Å². The van der Waals surface area contributed by atoms with Crippen LogP contribution in [0.2, 0.25) is 5.15 Å². The Hall–Kier alpha value is -3.12. The number of fused-ring (bicyclic) bond motifs is 1. The van der Waals surface area contributed by atoms with Crippen molar-refractivity contribution >= 4 is 34.1 Å². The Balaban J connectivity index is 1.84. The monoisotopic (exact) mass is 351 g/mol. The number of pyridine rings is 1. The highest BCUT2D eigenvalue weighted by molar-refractivity contribution is 6.31. The average Bonchev–Trinajstić information content (AvgIpc) is 2.91. The van der Waals surface area contributed by atoms with Crippen molar-refractivity contribution < 1.29 is 0 Å². The minimum absolute atomic E-state index is 0.208. The number of anilines is 2. The number of hydrogen-bond acceptors (Lipinski definition) is 4. The molecule has 0 radical (unpaired) electrons. The molecule has 0 saturated carbocycles. The van der Waals surface area contributed by atoms with E-state index in [4.69, 9.17) is 11.6 Å². The first-order valence-electron chi connectivity index (χ1n) is 7.67. The summed E-state index contributed by atoms with van der Waals surface area (Å²) in [7, 11) is 0. The van der Waals surface area contributed by atoms with Crippen molar-refractivity contribution in [3.63, 3.8) is 0 Å². The van der Waals surface area contributed by atoms with E-state index in [1.807, 2.05) is 37.3 Å². The molecule has 4 aromatic rings. The van der Waals surface area contributed by atoms with E-state index in [9.17, 15) is 4.79 Å². The number of aryl methyl sites for hydroxylation is 1. The molecule has 0 unspecified atom stereocenters. The van der Waals surface area contributed by atoms with E-state index < -0.39 is 0 Å². The molecule has 0 amide bonds. The first kappa shape index (κ1) is 15.4. The summed E-state index contributed by atoms with van der Waals surface area (Å²) in [5.41, 5.74) is 3.45. The molecular weight excluding hydrogens is 338 g/mol. The second-order valence-electron chi connectivity index (χ2n) is 5.62. The van der Waals surface area contributed by atoms with Crippen LogP contribution in [0.3, 0.4) is 0 Å². The molecule has 1 aromatic carbocycles. The van der Waals surface area contributed by atoms with Crippen LogP contribution in [0.4, 0.5) is 11.6 Å². The quantitative estimate of drug-likeness (QED) is 0.550. The van der Waals surface area contributed by atoms with Crippen LogP contribution >= 0.6 is 11.6 Å². The summed E-state index contributed by atoms with van der Waals surface area (Å²) >= 11 is 6.28. The largest absolute Gasteiger partial charge is 0.326 e. The minimum Gasteiger partial charge on any atom is -0.326 e. The fourth-order valence-electron chi connectivity index (χ4n) is 2.85. The van der Waals surface area contributed by atoms with Gasteiger partial charge in [0.2, 0.25) is 5.95 Å². The van der Waals surface area contributed by atoms with Crippen molar-refractivity contribution in [2.45, 2.75) is 6.92 Å². The van der Waals surface area contributed by atoms with Gasteiger partial charge in [-0.25, -0.2) is 9.97 Å². The molecule has 3 heterocycles. The fourth-order valence-corrected chi connectivity index (χ4v) is 3.06. The van der Waals surface area contributed by atoms with E-state index in [0.29, 0.717) is 11.1 Å². The second kappa shape index (κ2) is 6.07. The SMILES string of the molecule is Cc1cc2ccc(Nc3nccc(=O)[nH]3)cc2n1-c1cccnc1Cl. The molecule has 2 N–H and O–H groups in total. The lowest BCUT2D eigenvalue weighted by molar-refractivity contribution is 1.04. The number of aromatic amines is 1. The zero-order chi connectivity index (χ0) is 17.4. The number of halogens is 1. The van der Waals surface area contributed by atoms with Crippen LogP contribution in [0.25, 0.3) is 16.6 Å². The van der Waals surface area contributed by atoms with Crippen LogP contribution in [-0.2, 0) is 0 Å². The van der Waals surface area contributed by atoms with Gasteiger partial charge in [0.05, 0.1) is 11.2 Å². The van der Waals surface area contributed by atoms with Crippen LogP contribution in [0.15, 0.2) is 59.7 Å². The predicted molar refractivity (Wildman–Crippen MR) is 99.0 cm³/mol. The number of aromatic nitrogens is 4. The average molecular weight is 352 g/mol. The number of hydrogen-bond donors (Lipinski definition) is 2. The standard InChI is InChI=1S/C18H14ClN5O/c1-11-9-12-4-5-13(22-18-21-8-6-16(25)23-18)10-15(12)24(11)14-3-2-7-20-17(14)19/h2-10H,1H3,(H2,21,22,23,25). The number of rotatable bonds is 3. The summed E-state index contributed by atoms with van der Waals surface area (Å²) in [6.07, 6.45) is 3.12. The van der Waals surface area contributed by atoms with E-state index in [1.54, 1.807) is 6.20 Å². The zero-order valence-electron chi connectivity index (χ0n) is 13.3. The van der Waals surface area contributed by atoms with E-state index >= 15 is 0 Å². The number of benzene rings is 1. The number of H-pyrrole nitrogens is 1. The van der Waals surface area contributed by atoms with E-state index in [1.165, 1.54) is 12.3 Å². The lowest BCUT2D eigenvalue weighted by atomic mass is 10.2. The Morgan fingerprint density at radius 1 is 1.12 bits per heavy atom. The molecule has 4 rings (SSSR count). The number of nitrogens with one attached hydrogen (secondary N) is 2. The summed E-state index contributed by atoms with van der Waals surface area (Å²) < 4.78 is 2.05. The molecule has 25 heavy (non-hydrogen) atoms. The van der Waals surface area contributed by atoms with Crippen molar-refractivity contribution in [1.82, 2.24) is 19.5 Å². The molecule has 0 bridgehead atoms. The maximum absolute atomic E-state index is 11.4. The summed E-state index contributed by atoms with van der Waals surface area (Å²) in [5.74, 6) is 0.390. The van der Waals surface area contributed by atoms with Gasteiger partial charge in [0.25, 0.3) is 5.56 Å². The molecule has 0 fully saturated rings. The third kappa shape index (κ3) is 2.88. The molecule has 7 heteroatoms. The van der Waals surface area contributed by atoms with Gasteiger partial charge in [0, 0.05) is 35.2 Å². The molecule has 6 nitrogen and oxygen atoms in total. The number of nitrogens with zero attached hydrogens (tertiary/aromatic N) is 3. The van der Waals surface area contributed by atoms with Gasteiger partial charge in [-0.05, 0) is 37.3 Å². The van der Waals surface area contributed by atoms with Gasteiger partial charge in [-0.2, -0.15) is 0 Å². The van der Waals surface area contributed by atoms with E-state index in [-0.39, 0.29) is 5.56 Å². The minimum atomic E-state index is -0.208. The Labute approximate surface area is 148 Å². The van der Waals surface area contributed by atoms with Crippen molar-refractivity contribution in [2.75, 3.05) is 5.32 Å². The molecule has 0 aliphatic rings. The first-order valence-corrected chi connectivity index (χ1v) is 8.05. The molecule has 0 spiro atoms. The third-order valence-electron chi connectivity index (χ3n) is 3.90. The van der Waals surface area contributed by atoms with Crippen molar-refractivity contribution in [3.8, 4) is 5.69 Å². The Bertz CT molecular complexity index is 1130. The van der Waals surface area contributed by atoms with Gasteiger partial charge in [0.15, 0.2) is 5.15 Å². The van der Waals surface area contributed by atoms with Crippen LogP contribution in [0.5, 0.6) is 0 Å². The maximum Gasteiger partial charge on any atom is 0.252 e. The lowest BCUT2D eigenvalue weighted by Gasteiger charge is -2.11. The van der Waals surface area contributed by atoms with Gasteiger partial charge in [0.1, 0.15) is 0 Å². The summed E-state index contributed by atoms with van der Waals surface area (Å²) in [6.45, 7) is 2.02. The normalized spacial score (nSPS) is 11.0. The van der Waals surface area contributed by atoms with Crippen LogP contribution in [-0.4, -0.2) is 19.5 Å². The van der Waals surface area contributed by atoms with Gasteiger partial charge in [-0.3, -0.25) is 9.78 Å². The molecule has 124 valence electrons. The molecule has 0 aliphatic heterocycles. The van der Waals surface area contributed by atoms with Crippen molar-refractivity contribution in [1.29, 1.82) is 0 Å². The summed E-state index contributed by atoms with van der Waals surface area (Å²) in [4.78, 5) is 22.3. The highest BCUT2D eigenvalue weighted by Gasteiger charge is 2.11. The van der Waals surface area contributed by atoms with Gasteiger partial charge in [-0.15, -0.1) is 0 Å². The summed E-state index contributed by atoms with van der Waals surface area (Å²) in [5, 5.41) is 4.63. The molecular formula is C18H14ClN5O. The Morgan fingerprint density at radius 3 is 2.80 bits per heavy atom. The van der Waals surface area contributed by atoms with Gasteiger partial charge < -0.3 is 9.88 Å². The first-order chi connectivity index (χ1) is 12.1. The highest BCUT2D eigenvalue weighted by atomic mass is 35.5. The Kier molecular flexibility index (Phi) is 3.74. The molecule has 0 aliphatic carbocycles. The predicted octanol–water partition coefficient (Wildman–Crippen LogP) is 3.81. The topological polar surface area (TPSA) is 75.6 Å². The zero-order valence-corrected chi connectivity index (χ0v) is 14.1. The molecule has 0 atom stereocenters. The lowest BCUT2D eigenvalue weighted by Crippen LogP contribution is -2.08. The fraction of sp³-hybridized carbons (Fsp3) is 0.0556. The Morgan fingerprint density at radius 2 is 2.00 bits per heavy atom. The van der Waals surface area contributed by atoms with Crippen LogP contribution in [0.1, 0.15) is 5.69 Å². The van der Waals surface area contributed by atoms with Crippen molar-refractivity contribution in [2.24, 2.45) is 0 Å². The maximum atomic E-state index is 11.4. The van der Waals surface area contributed by atoms with Crippen molar-refractivity contribution in [3.05, 3.63) is 76.1 Å². The molecule has 0 saturated heterocycles.